The summed E-state index contributed by atoms with van der Waals surface area (Å²) in [6, 6.07) is 8.74. The molecule has 1 atom stereocenters. The van der Waals surface area contributed by atoms with Crippen molar-refractivity contribution < 1.29 is 8.42 Å². The lowest BCUT2D eigenvalue weighted by atomic mass is 10.1. The molecule has 0 N–H and O–H groups in total. The average molecular weight is 211 g/mol. The summed E-state index contributed by atoms with van der Waals surface area (Å²) >= 11 is 0. The van der Waals surface area contributed by atoms with E-state index in [2.05, 4.69) is 0 Å². The van der Waals surface area contributed by atoms with E-state index in [-0.39, 0.29) is 6.04 Å². The summed E-state index contributed by atoms with van der Waals surface area (Å²) in [5.41, 5.74) is 0. The normalized spacial score (nSPS) is 23.1. The van der Waals surface area contributed by atoms with Crippen LogP contribution in [0.25, 0.3) is 0 Å². The summed E-state index contributed by atoms with van der Waals surface area (Å²) in [4.78, 5) is 0.395. The highest BCUT2D eigenvalue weighted by atomic mass is 32.2. The zero-order valence-electron chi connectivity index (χ0n) is 8.05. The van der Waals surface area contributed by atoms with Gasteiger partial charge in [0.2, 0.25) is 10.0 Å². The highest BCUT2D eigenvalue weighted by molar-refractivity contribution is 7.89. The van der Waals surface area contributed by atoms with Crippen LogP contribution in [0.5, 0.6) is 0 Å². The smallest absolute Gasteiger partial charge is 0.207 e. The van der Waals surface area contributed by atoms with E-state index in [1.165, 1.54) is 0 Å². The molecule has 0 aliphatic carbocycles. The van der Waals surface area contributed by atoms with Crippen molar-refractivity contribution in [2.45, 2.75) is 24.3 Å². The predicted octanol–water partition coefficient (Wildman–Crippen LogP) is 1.47. The summed E-state index contributed by atoms with van der Waals surface area (Å²) in [6.45, 7) is 2.59. The molecule has 2 rings (SSSR count). The number of rotatable bonds is 2. The van der Waals surface area contributed by atoms with E-state index < -0.39 is 10.0 Å². The third-order valence-electron chi connectivity index (χ3n) is 2.61. The Morgan fingerprint density at radius 1 is 1.29 bits per heavy atom. The molecule has 0 saturated carbocycles. The molecule has 1 fully saturated rings. The Labute approximate surface area is 84.4 Å². The molecule has 0 spiro atoms. The van der Waals surface area contributed by atoms with E-state index >= 15 is 0 Å². The first-order valence-corrected chi connectivity index (χ1v) is 6.13. The van der Waals surface area contributed by atoms with Crippen LogP contribution in [0.15, 0.2) is 35.2 Å². The van der Waals surface area contributed by atoms with Gasteiger partial charge in [0.05, 0.1) is 4.90 Å². The minimum absolute atomic E-state index is 0.153. The van der Waals surface area contributed by atoms with Crippen LogP contribution >= 0.6 is 0 Å². The minimum Gasteiger partial charge on any atom is -0.207 e. The van der Waals surface area contributed by atoms with Crippen molar-refractivity contribution in [2.24, 2.45) is 0 Å². The Hall–Kier alpha value is -0.870. The van der Waals surface area contributed by atoms with Crippen LogP contribution in [0.3, 0.4) is 0 Å². The van der Waals surface area contributed by atoms with Gasteiger partial charge in [0.15, 0.2) is 0 Å². The van der Waals surface area contributed by atoms with Gasteiger partial charge in [-0.05, 0) is 25.5 Å². The average Bonchev–Trinajstić information content (AvgIpc) is 2.16. The van der Waals surface area contributed by atoms with Crippen LogP contribution in [0, 0.1) is 0 Å². The SMILES string of the molecule is C[C@@H]1CCN1S(=O)(=O)c1ccccc1. The van der Waals surface area contributed by atoms with E-state index in [9.17, 15) is 8.42 Å². The number of hydrogen-bond donors (Lipinski definition) is 0. The van der Waals surface area contributed by atoms with Gasteiger partial charge in [-0.3, -0.25) is 0 Å². The summed E-state index contributed by atoms with van der Waals surface area (Å²) in [6.07, 6.45) is 0.964. The van der Waals surface area contributed by atoms with Crippen molar-refractivity contribution in [1.82, 2.24) is 4.31 Å². The molecule has 1 aromatic rings. The molecular weight excluding hydrogens is 198 g/mol. The maximum atomic E-state index is 12.0. The van der Waals surface area contributed by atoms with Crippen molar-refractivity contribution in [3.05, 3.63) is 30.3 Å². The third kappa shape index (κ3) is 1.44. The fourth-order valence-electron chi connectivity index (χ4n) is 1.58. The first-order valence-electron chi connectivity index (χ1n) is 4.69. The molecule has 0 aromatic heterocycles. The van der Waals surface area contributed by atoms with Crippen molar-refractivity contribution >= 4 is 10.0 Å². The fraction of sp³-hybridized carbons (Fsp3) is 0.400. The van der Waals surface area contributed by atoms with Crippen LogP contribution in [0.2, 0.25) is 0 Å². The molecule has 1 aliphatic heterocycles. The molecule has 1 aliphatic rings. The van der Waals surface area contributed by atoms with Gasteiger partial charge in [-0.15, -0.1) is 0 Å². The highest BCUT2D eigenvalue weighted by Gasteiger charge is 2.35. The van der Waals surface area contributed by atoms with Crippen LogP contribution in [0.4, 0.5) is 0 Å². The van der Waals surface area contributed by atoms with Crippen molar-refractivity contribution in [1.29, 1.82) is 0 Å². The second-order valence-corrected chi connectivity index (χ2v) is 5.46. The van der Waals surface area contributed by atoms with Gasteiger partial charge in [0.1, 0.15) is 0 Å². The van der Waals surface area contributed by atoms with Crippen molar-refractivity contribution in [2.75, 3.05) is 6.54 Å². The standard InChI is InChI=1S/C10H13NO2S/c1-9-7-8-11(9)14(12,13)10-5-3-2-4-6-10/h2-6,9H,7-8H2,1H3/t9-/m1/s1. The number of benzene rings is 1. The van der Waals surface area contributed by atoms with Crippen LogP contribution in [-0.2, 0) is 10.0 Å². The zero-order chi connectivity index (χ0) is 10.2. The van der Waals surface area contributed by atoms with E-state index in [0.29, 0.717) is 11.4 Å². The predicted molar refractivity (Wildman–Crippen MR) is 54.4 cm³/mol. The number of nitrogens with zero attached hydrogens (tertiary/aromatic N) is 1. The highest BCUT2D eigenvalue weighted by Crippen LogP contribution is 2.25. The molecular formula is C10H13NO2S. The molecule has 4 heteroatoms. The summed E-state index contributed by atoms with van der Waals surface area (Å²) < 4.78 is 25.4. The lowest BCUT2D eigenvalue weighted by Crippen LogP contribution is -2.49. The molecule has 0 radical (unpaired) electrons. The maximum absolute atomic E-state index is 12.0. The van der Waals surface area contributed by atoms with Gasteiger partial charge in [-0.25, -0.2) is 8.42 Å². The molecule has 1 heterocycles. The second-order valence-electron chi connectivity index (χ2n) is 3.57. The second kappa shape index (κ2) is 3.37. The largest absolute Gasteiger partial charge is 0.243 e. The van der Waals surface area contributed by atoms with Crippen molar-refractivity contribution in [3.63, 3.8) is 0 Å². The van der Waals surface area contributed by atoms with E-state index in [0.717, 1.165) is 6.42 Å². The Kier molecular flexibility index (Phi) is 2.33. The molecule has 3 nitrogen and oxygen atoms in total. The molecule has 1 saturated heterocycles. The molecule has 0 bridgehead atoms. The van der Waals surface area contributed by atoms with Gasteiger partial charge < -0.3 is 0 Å². The van der Waals surface area contributed by atoms with Crippen LogP contribution in [-0.4, -0.2) is 25.3 Å². The zero-order valence-corrected chi connectivity index (χ0v) is 8.87. The van der Waals surface area contributed by atoms with Crippen LogP contribution in [0.1, 0.15) is 13.3 Å². The lowest BCUT2D eigenvalue weighted by Gasteiger charge is -2.37. The molecule has 76 valence electrons. The van der Waals surface area contributed by atoms with Gasteiger partial charge in [0.25, 0.3) is 0 Å². The minimum atomic E-state index is -3.22. The lowest BCUT2D eigenvalue weighted by molar-refractivity contribution is 0.217. The third-order valence-corrected chi connectivity index (χ3v) is 4.64. The monoisotopic (exact) mass is 211 g/mol. The summed E-state index contributed by atoms with van der Waals surface area (Å²) in [5.74, 6) is 0. The fourth-order valence-corrected chi connectivity index (χ4v) is 3.27. The topological polar surface area (TPSA) is 37.4 Å². The van der Waals surface area contributed by atoms with Gasteiger partial charge >= 0.3 is 0 Å². The van der Waals surface area contributed by atoms with Crippen LogP contribution < -0.4 is 0 Å². The molecule has 14 heavy (non-hydrogen) atoms. The van der Waals surface area contributed by atoms with E-state index in [1.54, 1.807) is 28.6 Å². The Morgan fingerprint density at radius 2 is 1.93 bits per heavy atom. The molecule has 0 unspecified atom stereocenters. The Balaban J connectivity index is 2.34. The summed E-state index contributed by atoms with van der Waals surface area (Å²) in [7, 11) is -3.22. The van der Waals surface area contributed by atoms with E-state index in [4.69, 9.17) is 0 Å². The maximum Gasteiger partial charge on any atom is 0.243 e. The quantitative estimate of drug-likeness (QED) is 0.743. The number of sulfonamides is 1. The summed E-state index contributed by atoms with van der Waals surface area (Å²) in [5, 5.41) is 0. The Bertz CT molecular complexity index is 413. The van der Waals surface area contributed by atoms with E-state index in [1.807, 2.05) is 13.0 Å². The van der Waals surface area contributed by atoms with Gasteiger partial charge in [0, 0.05) is 12.6 Å². The van der Waals surface area contributed by atoms with Gasteiger partial charge in [-0.2, -0.15) is 4.31 Å². The molecule has 0 amide bonds. The number of hydrogen-bond acceptors (Lipinski definition) is 2. The first kappa shape index (κ1) is 9.68. The molecule has 1 aromatic carbocycles. The van der Waals surface area contributed by atoms with Gasteiger partial charge in [-0.1, -0.05) is 18.2 Å². The Morgan fingerprint density at radius 3 is 2.36 bits per heavy atom. The van der Waals surface area contributed by atoms with Crippen molar-refractivity contribution in [3.8, 4) is 0 Å². The first-order chi connectivity index (χ1) is 6.62.